The van der Waals surface area contributed by atoms with Crippen LogP contribution in [-0.2, 0) is 6.18 Å². The lowest BCUT2D eigenvalue weighted by atomic mass is 9.81. The maximum atomic E-state index is 12.7. The largest absolute Gasteiger partial charge is 0.417 e. The molecule has 1 saturated carbocycles. The van der Waals surface area contributed by atoms with Gasteiger partial charge >= 0.3 is 6.18 Å². The Labute approximate surface area is 109 Å². The van der Waals surface area contributed by atoms with Gasteiger partial charge in [0.1, 0.15) is 0 Å². The van der Waals surface area contributed by atoms with Crippen LogP contribution < -0.4 is 11.1 Å². The second kappa shape index (κ2) is 5.21. The summed E-state index contributed by atoms with van der Waals surface area (Å²) in [4.78, 5) is 11.8. The van der Waals surface area contributed by atoms with Gasteiger partial charge in [0.05, 0.1) is 11.1 Å². The maximum Gasteiger partial charge on any atom is 0.417 e. The molecular weight excluding hydrogens is 257 g/mol. The molecule has 1 amide bonds. The summed E-state index contributed by atoms with van der Waals surface area (Å²) in [6, 6.07) is 4.94. The number of benzene rings is 1. The molecule has 0 heterocycles. The average Bonchev–Trinajstić information content (AvgIpc) is 2.32. The van der Waals surface area contributed by atoms with E-state index in [2.05, 4.69) is 5.32 Å². The van der Waals surface area contributed by atoms with E-state index < -0.39 is 17.6 Å². The molecule has 0 unspecified atom stereocenters. The molecule has 0 saturated heterocycles. The van der Waals surface area contributed by atoms with Gasteiger partial charge in [-0.2, -0.15) is 13.2 Å². The molecule has 1 aliphatic carbocycles. The van der Waals surface area contributed by atoms with Gasteiger partial charge < -0.3 is 11.1 Å². The zero-order chi connectivity index (χ0) is 14.0. The number of halogens is 3. The van der Waals surface area contributed by atoms with Gasteiger partial charge in [-0.05, 0) is 30.9 Å². The number of hydrogen-bond donors (Lipinski definition) is 2. The fraction of sp³-hybridized carbons (Fsp3) is 0.462. The summed E-state index contributed by atoms with van der Waals surface area (Å²) < 4.78 is 38.2. The maximum absolute atomic E-state index is 12.7. The molecule has 19 heavy (non-hydrogen) atoms. The van der Waals surface area contributed by atoms with Gasteiger partial charge in [-0.25, -0.2) is 0 Å². The van der Waals surface area contributed by atoms with Crippen molar-refractivity contribution in [2.24, 2.45) is 11.7 Å². The first-order valence-electron chi connectivity index (χ1n) is 6.08. The van der Waals surface area contributed by atoms with Crippen molar-refractivity contribution in [3.63, 3.8) is 0 Å². The molecule has 0 aromatic heterocycles. The highest BCUT2D eigenvalue weighted by Crippen LogP contribution is 2.32. The van der Waals surface area contributed by atoms with E-state index in [1.165, 1.54) is 18.2 Å². The topological polar surface area (TPSA) is 55.1 Å². The first-order valence-corrected chi connectivity index (χ1v) is 6.08. The van der Waals surface area contributed by atoms with Crippen LogP contribution in [0, 0.1) is 5.92 Å². The van der Waals surface area contributed by atoms with Crippen molar-refractivity contribution in [2.45, 2.75) is 25.1 Å². The van der Waals surface area contributed by atoms with Crippen LogP contribution in [0.5, 0.6) is 0 Å². The summed E-state index contributed by atoms with van der Waals surface area (Å²) in [5.41, 5.74) is 4.37. The third kappa shape index (κ3) is 3.26. The molecule has 1 aromatic rings. The van der Waals surface area contributed by atoms with Gasteiger partial charge in [0, 0.05) is 12.6 Å². The molecule has 0 bridgehead atoms. The fourth-order valence-electron chi connectivity index (χ4n) is 2.21. The van der Waals surface area contributed by atoms with E-state index in [1.807, 2.05) is 0 Å². The molecule has 3 N–H and O–H groups in total. The highest BCUT2D eigenvalue weighted by Gasteiger charge is 2.35. The molecule has 0 spiro atoms. The summed E-state index contributed by atoms with van der Waals surface area (Å²) in [5, 5.41) is 2.54. The molecule has 6 heteroatoms. The lowest BCUT2D eigenvalue weighted by Gasteiger charge is -2.32. The van der Waals surface area contributed by atoms with E-state index in [1.54, 1.807) is 0 Å². The quantitative estimate of drug-likeness (QED) is 0.886. The molecule has 1 fully saturated rings. The zero-order valence-corrected chi connectivity index (χ0v) is 10.2. The Balaban J connectivity index is 2.02. The summed E-state index contributed by atoms with van der Waals surface area (Å²) in [7, 11) is 0. The van der Waals surface area contributed by atoms with Crippen LogP contribution >= 0.6 is 0 Å². The molecule has 3 nitrogen and oxygen atoms in total. The molecule has 0 aliphatic heterocycles. The van der Waals surface area contributed by atoms with E-state index >= 15 is 0 Å². The van der Waals surface area contributed by atoms with Crippen LogP contribution in [0.1, 0.15) is 28.8 Å². The average molecular weight is 272 g/mol. The highest BCUT2D eigenvalue weighted by molar-refractivity contribution is 5.95. The lowest BCUT2D eigenvalue weighted by Crippen LogP contribution is -2.42. The van der Waals surface area contributed by atoms with Crippen LogP contribution in [0.4, 0.5) is 13.2 Å². The molecule has 104 valence electrons. The Bertz CT molecular complexity index is 467. The SMILES string of the molecule is NC1CC(CNC(=O)c2ccccc2C(F)(F)F)C1. The second-order valence-electron chi connectivity index (χ2n) is 4.85. The van der Waals surface area contributed by atoms with Crippen molar-refractivity contribution in [1.82, 2.24) is 5.32 Å². The van der Waals surface area contributed by atoms with Crippen LogP contribution in [-0.4, -0.2) is 18.5 Å². The predicted molar refractivity (Wildman–Crippen MR) is 64.5 cm³/mol. The number of nitrogens with two attached hydrogens (primary N) is 1. The van der Waals surface area contributed by atoms with Crippen LogP contribution in [0.15, 0.2) is 24.3 Å². The Hall–Kier alpha value is -1.56. The smallest absolute Gasteiger partial charge is 0.352 e. The minimum absolute atomic E-state index is 0.157. The number of amides is 1. The first-order chi connectivity index (χ1) is 8.88. The standard InChI is InChI=1S/C13H15F3N2O/c14-13(15,16)11-4-2-1-3-10(11)12(19)18-7-8-5-9(17)6-8/h1-4,8-9H,5-7,17H2,(H,18,19). The monoisotopic (exact) mass is 272 g/mol. The zero-order valence-electron chi connectivity index (χ0n) is 10.2. The Morgan fingerprint density at radius 1 is 1.32 bits per heavy atom. The Morgan fingerprint density at radius 2 is 1.95 bits per heavy atom. The van der Waals surface area contributed by atoms with E-state index in [0.717, 1.165) is 18.9 Å². The minimum atomic E-state index is -4.52. The van der Waals surface area contributed by atoms with E-state index in [0.29, 0.717) is 6.54 Å². The van der Waals surface area contributed by atoms with Gasteiger partial charge in [-0.3, -0.25) is 4.79 Å². The lowest BCUT2D eigenvalue weighted by molar-refractivity contribution is -0.137. The third-order valence-corrected chi connectivity index (χ3v) is 3.30. The van der Waals surface area contributed by atoms with Crippen LogP contribution in [0.2, 0.25) is 0 Å². The van der Waals surface area contributed by atoms with Crippen molar-refractivity contribution in [3.8, 4) is 0 Å². The minimum Gasteiger partial charge on any atom is -0.352 e. The summed E-state index contributed by atoms with van der Waals surface area (Å²) in [5.74, 6) is -0.412. The van der Waals surface area contributed by atoms with E-state index in [4.69, 9.17) is 5.73 Å². The Kier molecular flexibility index (Phi) is 3.80. The van der Waals surface area contributed by atoms with Crippen molar-refractivity contribution >= 4 is 5.91 Å². The van der Waals surface area contributed by atoms with Crippen molar-refractivity contribution < 1.29 is 18.0 Å². The number of carbonyl (C=O) groups is 1. The highest BCUT2D eigenvalue weighted by atomic mass is 19.4. The molecule has 2 rings (SSSR count). The van der Waals surface area contributed by atoms with E-state index in [9.17, 15) is 18.0 Å². The number of nitrogens with one attached hydrogen (secondary N) is 1. The van der Waals surface area contributed by atoms with Gasteiger partial charge in [0.2, 0.25) is 0 Å². The molecular formula is C13H15F3N2O. The fourth-order valence-corrected chi connectivity index (χ4v) is 2.21. The number of rotatable bonds is 3. The number of hydrogen-bond acceptors (Lipinski definition) is 2. The van der Waals surface area contributed by atoms with Crippen molar-refractivity contribution in [3.05, 3.63) is 35.4 Å². The first kappa shape index (κ1) is 13.9. The van der Waals surface area contributed by atoms with Crippen molar-refractivity contribution in [1.29, 1.82) is 0 Å². The number of alkyl halides is 3. The molecule has 1 aromatic carbocycles. The van der Waals surface area contributed by atoms with Gasteiger partial charge in [-0.1, -0.05) is 12.1 Å². The van der Waals surface area contributed by atoms with Gasteiger partial charge in [-0.15, -0.1) is 0 Å². The summed E-state index contributed by atoms with van der Waals surface area (Å²) in [6.45, 7) is 0.374. The normalized spacial score (nSPS) is 22.7. The molecule has 0 radical (unpaired) electrons. The number of carbonyl (C=O) groups excluding carboxylic acids is 1. The van der Waals surface area contributed by atoms with Gasteiger partial charge in [0.25, 0.3) is 5.91 Å². The third-order valence-electron chi connectivity index (χ3n) is 3.30. The van der Waals surface area contributed by atoms with E-state index in [-0.39, 0.29) is 17.5 Å². The van der Waals surface area contributed by atoms with Gasteiger partial charge in [0.15, 0.2) is 0 Å². The molecule has 0 atom stereocenters. The van der Waals surface area contributed by atoms with Crippen molar-refractivity contribution in [2.75, 3.05) is 6.54 Å². The Morgan fingerprint density at radius 3 is 2.53 bits per heavy atom. The summed E-state index contributed by atoms with van der Waals surface area (Å²) >= 11 is 0. The van der Waals surface area contributed by atoms with Crippen LogP contribution in [0.25, 0.3) is 0 Å². The predicted octanol–water partition coefficient (Wildman–Crippen LogP) is 2.17. The second-order valence-corrected chi connectivity index (χ2v) is 4.85. The van der Waals surface area contributed by atoms with Crippen LogP contribution in [0.3, 0.4) is 0 Å². The molecule has 1 aliphatic rings. The summed E-state index contributed by atoms with van der Waals surface area (Å²) in [6.07, 6.45) is -2.91.